The van der Waals surface area contributed by atoms with E-state index in [2.05, 4.69) is 25.5 Å². The molecule has 30 heavy (non-hydrogen) atoms. The molecule has 3 heterocycles. The summed E-state index contributed by atoms with van der Waals surface area (Å²) in [5.41, 5.74) is 3.58. The van der Waals surface area contributed by atoms with Crippen molar-refractivity contribution < 1.29 is 13.9 Å². The second kappa shape index (κ2) is 8.60. The number of aromatic nitrogens is 4. The summed E-state index contributed by atoms with van der Waals surface area (Å²) >= 11 is 0. The number of pyridine rings is 1. The van der Waals surface area contributed by atoms with Crippen LogP contribution >= 0.6 is 0 Å². The lowest BCUT2D eigenvalue weighted by Crippen LogP contribution is -2.13. The van der Waals surface area contributed by atoms with E-state index in [-0.39, 0.29) is 12.3 Å². The molecule has 0 aliphatic heterocycles. The summed E-state index contributed by atoms with van der Waals surface area (Å²) in [5, 5.41) is 10.0. The topological polar surface area (TPSA) is 106 Å². The second-order valence-electron chi connectivity index (χ2n) is 6.70. The first-order valence-corrected chi connectivity index (χ1v) is 9.48. The lowest BCUT2D eigenvalue weighted by Gasteiger charge is -2.03. The average molecular weight is 403 g/mol. The van der Waals surface area contributed by atoms with Crippen molar-refractivity contribution in [3.63, 3.8) is 0 Å². The van der Waals surface area contributed by atoms with Crippen LogP contribution in [-0.4, -0.2) is 33.2 Å². The first-order valence-electron chi connectivity index (χ1n) is 9.48. The van der Waals surface area contributed by atoms with Crippen molar-refractivity contribution in [1.82, 2.24) is 20.2 Å². The van der Waals surface area contributed by atoms with Crippen LogP contribution in [0, 0.1) is 6.92 Å². The van der Waals surface area contributed by atoms with Crippen molar-refractivity contribution in [2.24, 2.45) is 0 Å². The molecule has 0 unspecified atom stereocenters. The van der Waals surface area contributed by atoms with Crippen LogP contribution in [0.2, 0.25) is 0 Å². The third-order valence-corrected chi connectivity index (χ3v) is 4.73. The zero-order chi connectivity index (χ0) is 20.9. The SMILES string of the molecule is COc1ccc(-c2cnc(CCC(=O)Nc3n[nH]c(-c4ccncc4)c3C)o2)cc1. The summed E-state index contributed by atoms with van der Waals surface area (Å²) in [6.07, 6.45) is 5.71. The number of oxazole rings is 1. The van der Waals surface area contributed by atoms with Crippen molar-refractivity contribution >= 4 is 11.7 Å². The minimum Gasteiger partial charge on any atom is -0.497 e. The molecule has 2 N–H and O–H groups in total. The number of methoxy groups -OCH3 is 1. The molecule has 3 aromatic heterocycles. The van der Waals surface area contributed by atoms with Gasteiger partial charge in [0.15, 0.2) is 17.5 Å². The lowest BCUT2D eigenvalue weighted by atomic mass is 10.1. The number of aromatic amines is 1. The van der Waals surface area contributed by atoms with Crippen LogP contribution in [0.5, 0.6) is 5.75 Å². The quantitative estimate of drug-likeness (QED) is 0.483. The molecular weight excluding hydrogens is 382 g/mol. The van der Waals surface area contributed by atoms with Crippen LogP contribution in [0.15, 0.2) is 59.4 Å². The van der Waals surface area contributed by atoms with Gasteiger partial charge in [0.1, 0.15) is 5.75 Å². The summed E-state index contributed by atoms with van der Waals surface area (Å²) in [7, 11) is 1.62. The summed E-state index contributed by atoms with van der Waals surface area (Å²) in [4.78, 5) is 20.7. The van der Waals surface area contributed by atoms with Crippen molar-refractivity contribution in [3.05, 3.63) is 66.4 Å². The van der Waals surface area contributed by atoms with Gasteiger partial charge in [-0.1, -0.05) is 0 Å². The maximum atomic E-state index is 12.4. The van der Waals surface area contributed by atoms with Crippen LogP contribution in [0.1, 0.15) is 17.9 Å². The van der Waals surface area contributed by atoms with E-state index in [0.717, 1.165) is 28.1 Å². The number of carbonyl (C=O) groups is 1. The Bertz CT molecular complexity index is 1130. The number of nitrogens with one attached hydrogen (secondary N) is 2. The molecule has 1 aromatic carbocycles. The van der Waals surface area contributed by atoms with Gasteiger partial charge in [-0.15, -0.1) is 0 Å². The molecule has 152 valence electrons. The van der Waals surface area contributed by atoms with Crippen molar-refractivity contribution in [2.45, 2.75) is 19.8 Å². The van der Waals surface area contributed by atoms with Crippen molar-refractivity contribution in [1.29, 1.82) is 0 Å². The van der Waals surface area contributed by atoms with Gasteiger partial charge in [0.25, 0.3) is 0 Å². The van der Waals surface area contributed by atoms with Crippen LogP contribution in [-0.2, 0) is 11.2 Å². The highest BCUT2D eigenvalue weighted by molar-refractivity contribution is 5.91. The fraction of sp³-hybridized carbons (Fsp3) is 0.182. The summed E-state index contributed by atoms with van der Waals surface area (Å²) in [6, 6.07) is 11.3. The Morgan fingerprint density at radius 2 is 1.90 bits per heavy atom. The summed E-state index contributed by atoms with van der Waals surface area (Å²) in [5.74, 6) is 2.29. The van der Waals surface area contributed by atoms with Gasteiger partial charge in [0.2, 0.25) is 5.91 Å². The highest BCUT2D eigenvalue weighted by Gasteiger charge is 2.14. The highest BCUT2D eigenvalue weighted by Crippen LogP contribution is 2.26. The van der Waals surface area contributed by atoms with Crippen LogP contribution in [0.25, 0.3) is 22.6 Å². The monoisotopic (exact) mass is 403 g/mol. The molecule has 0 aliphatic carbocycles. The second-order valence-corrected chi connectivity index (χ2v) is 6.70. The largest absolute Gasteiger partial charge is 0.497 e. The molecule has 0 saturated carbocycles. The van der Waals surface area contributed by atoms with Crippen molar-refractivity contribution in [2.75, 3.05) is 12.4 Å². The molecule has 0 saturated heterocycles. The fourth-order valence-electron chi connectivity index (χ4n) is 3.05. The van der Waals surface area contributed by atoms with E-state index in [1.54, 1.807) is 25.7 Å². The van der Waals surface area contributed by atoms with E-state index >= 15 is 0 Å². The zero-order valence-electron chi connectivity index (χ0n) is 16.7. The van der Waals surface area contributed by atoms with Gasteiger partial charge >= 0.3 is 0 Å². The number of benzene rings is 1. The number of hydrogen-bond acceptors (Lipinski definition) is 6. The predicted molar refractivity (Wildman–Crippen MR) is 112 cm³/mol. The van der Waals surface area contributed by atoms with E-state index in [4.69, 9.17) is 9.15 Å². The van der Waals surface area contributed by atoms with Crippen LogP contribution in [0.4, 0.5) is 5.82 Å². The number of nitrogens with zero attached hydrogens (tertiary/aromatic N) is 3. The normalized spacial score (nSPS) is 10.7. The third-order valence-electron chi connectivity index (χ3n) is 4.73. The van der Waals surface area contributed by atoms with Gasteiger partial charge in [-0.25, -0.2) is 4.98 Å². The smallest absolute Gasteiger partial charge is 0.226 e. The van der Waals surface area contributed by atoms with Crippen LogP contribution in [0.3, 0.4) is 0 Å². The summed E-state index contributed by atoms with van der Waals surface area (Å²) < 4.78 is 10.9. The Hall–Kier alpha value is -3.94. The maximum absolute atomic E-state index is 12.4. The predicted octanol–water partition coefficient (Wildman–Crippen LogP) is 4.02. The van der Waals surface area contributed by atoms with Crippen LogP contribution < -0.4 is 10.1 Å². The molecule has 1 amide bonds. The van der Waals surface area contributed by atoms with Gasteiger partial charge < -0.3 is 14.5 Å². The lowest BCUT2D eigenvalue weighted by molar-refractivity contribution is -0.116. The molecule has 0 spiro atoms. The van der Waals surface area contributed by atoms with Gasteiger partial charge in [0, 0.05) is 41.9 Å². The molecular formula is C22H21N5O3. The molecule has 0 aliphatic rings. The molecule has 0 fully saturated rings. The Morgan fingerprint density at radius 3 is 2.63 bits per heavy atom. The van der Waals surface area contributed by atoms with E-state index in [0.29, 0.717) is 23.9 Å². The third kappa shape index (κ3) is 4.22. The molecule has 8 nitrogen and oxygen atoms in total. The molecule has 4 aromatic rings. The van der Waals surface area contributed by atoms with E-state index in [1.165, 1.54) is 0 Å². The number of anilines is 1. The van der Waals surface area contributed by atoms with Gasteiger partial charge in [-0.05, 0) is 43.3 Å². The molecule has 8 heteroatoms. The first-order chi connectivity index (χ1) is 14.6. The molecule has 0 bridgehead atoms. The fourth-order valence-corrected chi connectivity index (χ4v) is 3.05. The number of amides is 1. The Morgan fingerprint density at radius 1 is 1.13 bits per heavy atom. The van der Waals surface area contributed by atoms with E-state index in [9.17, 15) is 4.79 Å². The minimum absolute atomic E-state index is 0.157. The van der Waals surface area contributed by atoms with E-state index < -0.39 is 0 Å². The zero-order valence-corrected chi connectivity index (χ0v) is 16.7. The highest BCUT2D eigenvalue weighted by atomic mass is 16.5. The number of rotatable bonds is 7. The van der Waals surface area contributed by atoms with Gasteiger partial charge in [-0.3, -0.25) is 14.9 Å². The van der Waals surface area contributed by atoms with Crippen molar-refractivity contribution in [3.8, 4) is 28.3 Å². The number of ether oxygens (including phenoxy) is 1. The standard InChI is InChI=1S/C22H21N5O3/c1-14-21(16-9-11-23-12-10-16)26-27-22(14)25-19(28)7-8-20-24-13-18(30-20)15-3-5-17(29-2)6-4-15/h3-6,9-13H,7-8H2,1-2H3,(H2,25,26,27,28). The minimum atomic E-state index is -0.157. The molecule has 4 rings (SSSR count). The Labute approximate surface area is 173 Å². The summed E-state index contributed by atoms with van der Waals surface area (Å²) in [6.45, 7) is 1.91. The Kier molecular flexibility index (Phi) is 5.56. The number of H-pyrrole nitrogens is 1. The van der Waals surface area contributed by atoms with E-state index in [1.807, 2.05) is 43.3 Å². The number of aryl methyl sites for hydroxylation is 1. The van der Waals surface area contributed by atoms with Gasteiger partial charge in [-0.2, -0.15) is 5.10 Å². The molecule has 0 atom stereocenters. The Balaban J connectivity index is 1.35. The number of hydrogen-bond donors (Lipinski definition) is 2. The average Bonchev–Trinajstić information content (AvgIpc) is 3.40. The number of carbonyl (C=O) groups excluding carboxylic acids is 1. The maximum Gasteiger partial charge on any atom is 0.226 e. The van der Waals surface area contributed by atoms with Gasteiger partial charge in [0.05, 0.1) is 19.0 Å². The first kappa shape index (κ1) is 19.4. The molecule has 0 radical (unpaired) electrons.